The molecule has 4 aromatic carbocycles. The molecule has 82 heavy (non-hydrogen) atoms. The molecule has 1 spiro atoms. The van der Waals surface area contributed by atoms with Gasteiger partial charge in [-0.15, -0.1) is 0 Å². The van der Waals surface area contributed by atoms with E-state index in [0.717, 1.165) is 61.5 Å². The summed E-state index contributed by atoms with van der Waals surface area (Å²) in [5.74, 6) is -2.59. The van der Waals surface area contributed by atoms with Gasteiger partial charge in [0.15, 0.2) is 0 Å². The summed E-state index contributed by atoms with van der Waals surface area (Å²) in [6, 6.07) is 18.7. The average Bonchev–Trinajstić information content (AvgIpc) is 4.13. The van der Waals surface area contributed by atoms with Gasteiger partial charge in [-0.2, -0.15) is 26.3 Å². The van der Waals surface area contributed by atoms with Crippen LogP contribution in [0.2, 0.25) is 0 Å². The number of hydrogen-bond acceptors (Lipinski definition) is 9. The predicted octanol–water partition coefficient (Wildman–Crippen LogP) is 10.2. The summed E-state index contributed by atoms with van der Waals surface area (Å²) in [6.07, 6.45) is -1.43. The number of ether oxygens (including phenoxy) is 2. The van der Waals surface area contributed by atoms with Gasteiger partial charge in [0.1, 0.15) is 30.6 Å². The Kier molecular flexibility index (Phi) is 20.4. The number of piperidine rings is 2. The maximum Gasteiger partial charge on any atom is 0.416 e. The second-order valence-corrected chi connectivity index (χ2v) is 22.5. The van der Waals surface area contributed by atoms with Gasteiger partial charge in [-0.25, -0.2) is 8.78 Å². The van der Waals surface area contributed by atoms with E-state index < -0.39 is 64.3 Å². The summed E-state index contributed by atoms with van der Waals surface area (Å²) in [5, 5.41) is 3.11. The van der Waals surface area contributed by atoms with Gasteiger partial charge in [-0.1, -0.05) is 49.2 Å². The quantitative estimate of drug-likeness (QED) is 0.0572. The molecule has 1 aliphatic carbocycles. The molecule has 3 saturated heterocycles. The monoisotopic (exact) mass is 1150 g/mol. The Morgan fingerprint density at radius 1 is 0.695 bits per heavy atom. The molecule has 3 fully saturated rings. The minimum Gasteiger partial charge on any atom is -0.383 e. The zero-order chi connectivity index (χ0) is 58.8. The topological polar surface area (TPSA) is 118 Å². The fourth-order valence-corrected chi connectivity index (χ4v) is 11.9. The number of hydrogen-bond donors (Lipinski definition) is 1. The van der Waals surface area contributed by atoms with Crippen molar-refractivity contribution in [1.82, 2.24) is 29.4 Å². The van der Waals surface area contributed by atoms with E-state index in [1.54, 1.807) is 31.1 Å². The standard InChI is InChI=1S/C61H75F8N7O6/c1-71(26-12-27-73(3)56(79)44-16-21-52(51(63)37-44)70-25-9-4-6-15-54(77)72(2)33-34-74-28-10-5-11-29-74)55(78)40-81-53-38-43-13-7-8-14-50(43)58(53)22-30-75(31-23-58)32-24-59(46-17-19-49(62)20-18-46)41-76(42-82-59)57(80)45-35-47(60(64,65)66)39-48(36-45)61(67,68)69/h7-8,13-14,16-21,35-37,39,53,70H,4-6,9-12,15,22-34,38,40-42H2,1-3H3/t53-,59-/m0/s1. The maximum atomic E-state index is 15.2. The van der Waals surface area contributed by atoms with Crippen LogP contribution in [-0.2, 0) is 48.9 Å². The number of unbranched alkanes of at least 4 members (excludes halogenated alkanes) is 2. The molecule has 3 heterocycles. The molecule has 4 amide bonds. The zero-order valence-electron chi connectivity index (χ0n) is 47.0. The number of likely N-dealkylation sites (N-methyl/N-ethyl adjacent to an activating group) is 2. The first-order valence-corrected chi connectivity index (χ1v) is 28.5. The molecule has 0 unspecified atom stereocenters. The third-order valence-electron chi connectivity index (χ3n) is 17.0. The molecule has 0 saturated carbocycles. The lowest BCUT2D eigenvalue weighted by Crippen LogP contribution is -2.50. The summed E-state index contributed by atoms with van der Waals surface area (Å²) in [6.45, 7) is 5.81. The number of halogens is 8. The number of anilines is 1. The SMILES string of the molecule is CN(CCN1CCCCC1)C(=O)CCCCCNc1ccc(C(=O)N(C)CCCN(C)C(=O)CO[C@H]2Cc3ccccc3C23CCN(CC[C@@]2(c4ccc(F)cc4)CN(C(=O)c4cc(C(F)(F)F)cc(C(F)(F)F)c4)CO2)CC3)cc1F. The molecular weight excluding hydrogens is 1080 g/mol. The third kappa shape index (κ3) is 15.3. The molecule has 4 aromatic rings. The first kappa shape index (κ1) is 61.9. The number of rotatable bonds is 23. The van der Waals surface area contributed by atoms with E-state index in [9.17, 15) is 49.9 Å². The summed E-state index contributed by atoms with van der Waals surface area (Å²) < 4.78 is 125. The average molecular weight is 1150 g/mol. The molecule has 0 radical (unpaired) electrons. The molecule has 21 heteroatoms. The van der Waals surface area contributed by atoms with Gasteiger partial charge in [0, 0.05) is 83.4 Å². The fourth-order valence-electron chi connectivity index (χ4n) is 11.9. The van der Waals surface area contributed by atoms with Crippen LogP contribution < -0.4 is 5.32 Å². The van der Waals surface area contributed by atoms with E-state index in [1.807, 2.05) is 24.1 Å². The minimum absolute atomic E-state index is 0.0329. The Hall–Kier alpha value is -6.16. The first-order valence-electron chi connectivity index (χ1n) is 28.5. The number of benzene rings is 4. The highest BCUT2D eigenvalue weighted by atomic mass is 19.4. The van der Waals surface area contributed by atoms with Crippen LogP contribution in [0.4, 0.5) is 40.8 Å². The van der Waals surface area contributed by atoms with Crippen LogP contribution in [-0.4, -0.2) is 166 Å². The Morgan fingerprint density at radius 2 is 1.35 bits per heavy atom. The van der Waals surface area contributed by atoms with E-state index in [2.05, 4.69) is 27.2 Å². The number of amides is 4. The molecule has 4 aliphatic rings. The van der Waals surface area contributed by atoms with Crippen LogP contribution in [0, 0.1) is 11.6 Å². The first-order chi connectivity index (χ1) is 39.0. The molecular formula is C61H75F8N7O6. The van der Waals surface area contributed by atoms with E-state index in [0.29, 0.717) is 94.8 Å². The number of nitrogens with one attached hydrogen (secondary N) is 1. The molecule has 2 atom stereocenters. The highest BCUT2D eigenvalue weighted by Crippen LogP contribution is 2.48. The van der Waals surface area contributed by atoms with Gasteiger partial charge in [0.2, 0.25) is 11.8 Å². The van der Waals surface area contributed by atoms with Crippen molar-refractivity contribution in [3.63, 3.8) is 0 Å². The number of carbonyl (C=O) groups excluding carboxylic acids is 4. The van der Waals surface area contributed by atoms with Crippen molar-refractivity contribution < 1.29 is 63.8 Å². The lowest BCUT2D eigenvalue weighted by atomic mass is 9.72. The smallest absolute Gasteiger partial charge is 0.383 e. The number of likely N-dealkylation sites (tertiary alicyclic amines) is 2. The normalized spacial score (nSPS) is 19.3. The van der Waals surface area contributed by atoms with Gasteiger partial charge in [-0.3, -0.25) is 19.2 Å². The van der Waals surface area contributed by atoms with E-state index in [4.69, 9.17) is 9.47 Å². The summed E-state index contributed by atoms with van der Waals surface area (Å²) in [5.41, 5.74) is -2.44. The van der Waals surface area contributed by atoms with Crippen molar-refractivity contribution in [2.45, 2.75) is 107 Å². The predicted molar refractivity (Wildman–Crippen MR) is 294 cm³/mol. The van der Waals surface area contributed by atoms with Crippen LogP contribution in [0.15, 0.2) is 84.9 Å². The van der Waals surface area contributed by atoms with E-state index in [1.165, 1.54) is 54.5 Å². The second kappa shape index (κ2) is 27.0. The Bertz CT molecular complexity index is 2810. The van der Waals surface area contributed by atoms with Crippen LogP contribution in [0.3, 0.4) is 0 Å². The largest absolute Gasteiger partial charge is 0.416 e. The van der Waals surface area contributed by atoms with Crippen molar-refractivity contribution in [3.8, 4) is 0 Å². The molecule has 0 bridgehead atoms. The number of carbonyl (C=O) groups is 4. The van der Waals surface area contributed by atoms with Crippen LogP contribution in [0.25, 0.3) is 0 Å². The highest BCUT2D eigenvalue weighted by molar-refractivity contribution is 5.95. The third-order valence-corrected chi connectivity index (χ3v) is 17.0. The lowest BCUT2D eigenvalue weighted by Gasteiger charge is -2.44. The summed E-state index contributed by atoms with van der Waals surface area (Å²) >= 11 is 0. The second-order valence-electron chi connectivity index (χ2n) is 22.5. The van der Waals surface area contributed by atoms with Gasteiger partial charge in [0.25, 0.3) is 11.8 Å². The van der Waals surface area contributed by atoms with Crippen molar-refractivity contribution in [2.75, 3.05) is 112 Å². The van der Waals surface area contributed by atoms with Gasteiger partial charge >= 0.3 is 12.4 Å². The van der Waals surface area contributed by atoms with Crippen LogP contribution >= 0.6 is 0 Å². The van der Waals surface area contributed by atoms with Crippen molar-refractivity contribution >= 4 is 29.3 Å². The van der Waals surface area contributed by atoms with Crippen molar-refractivity contribution in [2.24, 2.45) is 0 Å². The Balaban J connectivity index is 0.783. The molecule has 446 valence electrons. The summed E-state index contributed by atoms with van der Waals surface area (Å²) in [4.78, 5) is 63.8. The Morgan fingerprint density at radius 3 is 2.04 bits per heavy atom. The van der Waals surface area contributed by atoms with Crippen LogP contribution in [0.5, 0.6) is 0 Å². The fraction of sp³-hybridized carbons (Fsp3) is 0.541. The zero-order valence-corrected chi connectivity index (χ0v) is 47.0. The highest BCUT2D eigenvalue weighted by Gasteiger charge is 2.50. The minimum atomic E-state index is -5.15. The number of fused-ring (bicyclic) bond motifs is 2. The van der Waals surface area contributed by atoms with Gasteiger partial charge in [-0.05, 0) is 149 Å². The number of nitrogens with zero attached hydrogens (tertiary/aromatic N) is 6. The van der Waals surface area contributed by atoms with Crippen molar-refractivity contribution in [3.05, 3.63) is 136 Å². The number of alkyl halides is 6. The van der Waals surface area contributed by atoms with Gasteiger partial charge in [0.05, 0.1) is 29.5 Å². The summed E-state index contributed by atoms with van der Waals surface area (Å²) in [7, 11) is 5.17. The molecule has 1 N–H and O–H groups in total. The maximum absolute atomic E-state index is 15.2. The van der Waals surface area contributed by atoms with Gasteiger partial charge < -0.3 is 44.2 Å². The van der Waals surface area contributed by atoms with Crippen molar-refractivity contribution in [1.29, 1.82) is 0 Å². The molecule has 13 nitrogen and oxygen atoms in total. The van der Waals surface area contributed by atoms with E-state index >= 15 is 4.39 Å². The molecule has 0 aromatic heterocycles. The molecule has 8 rings (SSSR count). The lowest BCUT2D eigenvalue weighted by molar-refractivity contribution is -0.143. The Labute approximate surface area is 474 Å². The van der Waals surface area contributed by atoms with Crippen LogP contribution in [0.1, 0.15) is 119 Å². The van der Waals surface area contributed by atoms with E-state index in [-0.39, 0.29) is 55.0 Å². The molecule has 3 aliphatic heterocycles.